The fraction of sp³-hybridized carbons (Fsp3) is 0.576. The third-order valence-corrected chi connectivity index (χ3v) is 9.25. The van der Waals surface area contributed by atoms with Gasteiger partial charge in [0.15, 0.2) is 0 Å². The molecule has 196 valence electrons. The zero-order chi connectivity index (χ0) is 26.3. The van der Waals surface area contributed by atoms with Crippen molar-refractivity contribution >= 4 is 0 Å². The monoisotopic (exact) mass is 500 g/mol. The normalized spacial score (nSPS) is 22.4. The van der Waals surface area contributed by atoms with Gasteiger partial charge in [0, 0.05) is 6.07 Å². The Morgan fingerprint density at radius 2 is 1.46 bits per heavy atom. The first-order chi connectivity index (χ1) is 18.0. The number of fused-ring (bicyclic) bond motifs is 3. The molecular weight excluding hydrogens is 459 g/mol. The Bertz CT molecular complexity index is 1150. The van der Waals surface area contributed by atoms with Crippen LogP contribution in [0.1, 0.15) is 119 Å². The van der Waals surface area contributed by atoms with Gasteiger partial charge in [0.05, 0.1) is 17.7 Å². The molecule has 2 bridgehead atoms. The van der Waals surface area contributed by atoms with Crippen molar-refractivity contribution in [3.63, 3.8) is 0 Å². The second kappa shape index (κ2) is 12.1. The van der Waals surface area contributed by atoms with Crippen molar-refractivity contribution in [2.24, 2.45) is 5.41 Å². The van der Waals surface area contributed by atoms with Crippen molar-refractivity contribution in [2.45, 2.75) is 109 Å². The third-order valence-electron chi connectivity index (χ3n) is 9.25. The molecule has 0 aromatic heterocycles. The Morgan fingerprint density at radius 3 is 2.08 bits per heavy atom. The molecule has 0 unspecified atom stereocenters. The van der Waals surface area contributed by atoms with Gasteiger partial charge in [0.2, 0.25) is 0 Å². The molecule has 3 aliphatic rings. The van der Waals surface area contributed by atoms with Gasteiger partial charge in [0.1, 0.15) is 23.7 Å². The molecule has 0 amide bonds. The van der Waals surface area contributed by atoms with Crippen molar-refractivity contribution in [3.05, 3.63) is 64.0 Å². The largest absolute Gasteiger partial charge is 0.493 e. The number of unbranched alkanes of at least 4 members (excludes halogenated alkanes) is 3. The number of hydrogen-bond donors (Lipinski definition) is 0. The number of ether oxygens (including phenoxy) is 1. The van der Waals surface area contributed by atoms with Gasteiger partial charge in [-0.1, -0.05) is 57.7 Å². The SMILES string of the molecule is CCCCCC12CCC(c3ccc(CCc4ccc(OCCCC)cc4F)c(C#N)c3C#N)(CC1)CC2. The molecule has 3 fully saturated rings. The Labute approximate surface area is 222 Å². The lowest BCUT2D eigenvalue weighted by atomic mass is 9.50. The lowest BCUT2D eigenvalue weighted by molar-refractivity contribution is 0.0304. The predicted molar refractivity (Wildman–Crippen MR) is 146 cm³/mol. The molecule has 5 rings (SSSR count). The Hall–Kier alpha value is -2.85. The summed E-state index contributed by atoms with van der Waals surface area (Å²) in [5, 5.41) is 20.3. The fourth-order valence-corrected chi connectivity index (χ4v) is 6.76. The summed E-state index contributed by atoms with van der Waals surface area (Å²) in [6, 6.07) is 13.9. The Kier molecular flexibility index (Phi) is 8.91. The van der Waals surface area contributed by atoms with Crippen LogP contribution in [0, 0.1) is 33.9 Å². The highest BCUT2D eigenvalue weighted by molar-refractivity contribution is 5.57. The average molecular weight is 501 g/mol. The summed E-state index contributed by atoms with van der Waals surface area (Å²) in [5.41, 5.74) is 4.09. The van der Waals surface area contributed by atoms with Crippen LogP contribution in [0.2, 0.25) is 0 Å². The van der Waals surface area contributed by atoms with Crippen LogP contribution in [0.15, 0.2) is 30.3 Å². The summed E-state index contributed by atoms with van der Waals surface area (Å²) >= 11 is 0. The lowest BCUT2D eigenvalue weighted by Gasteiger charge is -2.54. The predicted octanol–water partition coefficient (Wildman–Crippen LogP) is 8.71. The smallest absolute Gasteiger partial charge is 0.130 e. The number of rotatable bonds is 12. The van der Waals surface area contributed by atoms with Gasteiger partial charge in [-0.25, -0.2) is 4.39 Å². The minimum absolute atomic E-state index is 0.0292. The van der Waals surface area contributed by atoms with Gasteiger partial charge < -0.3 is 4.74 Å². The highest BCUT2D eigenvalue weighted by Gasteiger charge is 2.49. The summed E-state index contributed by atoms with van der Waals surface area (Å²) < 4.78 is 20.3. The molecule has 3 aliphatic carbocycles. The van der Waals surface area contributed by atoms with Gasteiger partial charge in [0.25, 0.3) is 0 Å². The van der Waals surface area contributed by atoms with E-state index in [1.165, 1.54) is 51.0 Å². The standard InChI is InChI=1S/C33H41FN2O/c1-3-5-7-14-32-15-18-33(19-16-32,20-17-32)30-13-11-25(28(23-35)29(30)24-36)8-9-26-10-12-27(22-31(26)34)37-21-6-4-2/h10-13,22H,3-9,14-21H2,1-2H3. The molecule has 37 heavy (non-hydrogen) atoms. The molecule has 2 aromatic carbocycles. The minimum atomic E-state index is -0.282. The summed E-state index contributed by atoms with van der Waals surface area (Å²) in [4.78, 5) is 0. The van der Waals surface area contributed by atoms with Crippen LogP contribution in [0.5, 0.6) is 5.75 Å². The first kappa shape index (κ1) is 27.2. The van der Waals surface area contributed by atoms with Gasteiger partial charge in [-0.2, -0.15) is 10.5 Å². The van der Waals surface area contributed by atoms with Crippen molar-refractivity contribution in [2.75, 3.05) is 6.61 Å². The summed E-state index contributed by atoms with van der Waals surface area (Å²) in [5.74, 6) is 0.271. The highest BCUT2D eigenvalue weighted by Crippen LogP contribution is 2.60. The fourth-order valence-electron chi connectivity index (χ4n) is 6.76. The van der Waals surface area contributed by atoms with Crippen molar-refractivity contribution in [3.8, 4) is 17.9 Å². The van der Waals surface area contributed by atoms with E-state index in [0.717, 1.165) is 43.2 Å². The van der Waals surface area contributed by atoms with Gasteiger partial charge >= 0.3 is 0 Å². The molecule has 2 aromatic rings. The van der Waals surface area contributed by atoms with Gasteiger partial charge in [-0.3, -0.25) is 0 Å². The number of nitriles is 2. The topological polar surface area (TPSA) is 56.8 Å². The van der Waals surface area contributed by atoms with Gasteiger partial charge in [-0.05, 0) is 97.8 Å². The maximum absolute atomic E-state index is 14.7. The van der Waals surface area contributed by atoms with Crippen molar-refractivity contribution in [1.29, 1.82) is 10.5 Å². The summed E-state index contributed by atoms with van der Waals surface area (Å²) in [7, 11) is 0. The van der Waals surface area contributed by atoms with E-state index in [-0.39, 0.29) is 11.2 Å². The first-order valence-corrected chi connectivity index (χ1v) is 14.4. The highest BCUT2D eigenvalue weighted by atomic mass is 19.1. The molecule has 0 radical (unpaired) electrons. The van der Waals surface area contributed by atoms with E-state index in [2.05, 4.69) is 32.1 Å². The molecule has 3 saturated carbocycles. The molecule has 0 N–H and O–H groups in total. The maximum Gasteiger partial charge on any atom is 0.130 e. The van der Waals surface area contributed by atoms with Crippen LogP contribution in [0.4, 0.5) is 4.39 Å². The van der Waals surface area contributed by atoms with E-state index in [4.69, 9.17) is 4.74 Å². The van der Waals surface area contributed by atoms with Crippen molar-refractivity contribution in [1.82, 2.24) is 0 Å². The van der Waals surface area contributed by atoms with Crippen LogP contribution in [-0.2, 0) is 18.3 Å². The van der Waals surface area contributed by atoms with Crippen molar-refractivity contribution < 1.29 is 9.13 Å². The molecular formula is C33H41FN2O. The number of benzene rings is 2. The van der Waals surface area contributed by atoms with Crippen LogP contribution in [0.3, 0.4) is 0 Å². The first-order valence-electron chi connectivity index (χ1n) is 14.4. The minimum Gasteiger partial charge on any atom is -0.493 e. The number of hydrogen-bond acceptors (Lipinski definition) is 3. The second-order valence-electron chi connectivity index (χ2n) is 11.4. The molecule has 0 atom stereocenters. The second-order valence-corrected chi connectivity index (χ2v) is 11.4. The Morgan fingerprint density at radius 1 is 0.811 bits per heavy atom. The lowest BCUT2D eigenvalue weighted by Crippen LogP contribution is -2.44. The molecule has 3 nitrogen and oxygen atoms in total. The molecule has 0 aliphatic heterocycles. The summed E-state index contributed by atoms with van der Waals surface area (Å²) in [6.07, 6.45) is 15.3. The zero-order valence-electron chi connectivity index (χ0n) is 22.7. The number of aryl methyl sites for hydroxylation is 2. The average Bonchev–Trinajstić information content (AvgIpc) is 2.93. The van der Waals surface area contributed by atoms with E-state index >= 15 is 0 Å². The van der Waals surface area contributed by atoms with Crippen LogP contribution in [-0.4, -0.2) is 6.61 Å². The van der Waals surface area contributed by atoms with E-state index in [1.807, 2.05) is 12.1 Å². The molecule has 0 heterocycles. The zero-order valence-corrected chi connectivity index (χ0v) is 22.7. The van der Waals surface area contributed by atoms with E-state index in [9.17, 15) is 14.9 Å². The van der Waals surface area contributed by atoms with Crippen LogP contribution < -0.4 is 4.74 Å². The maximum atomic E-state index is 14.7. The number of halogens is 1. The van der Waals surface area contributed by atoms with Crippen LogP contribution >= 0.6 is 0 Å². The van der Waals surface area contributed by atoms with Crippen LogP contribution in [0.25, 0.3) is 0 Å². The molecule has 0 spiro atoms. The quantitative estimate of drug-likeness (QED) is 0.274. The van der Waals surface area contributed by atoms with E-state index in [1.54, 1.807) is 6.07 Å². The Balaban J connectivity index is 1.49. The summed E-state index contributed by atoms with van der Waals surface area (Å²) in [6.45, 7) is 4.95. The molecule has 4 heteroatoms. The third kappa shape index (κ3) is 5.85. The molecule has 0 saturated heterocycles. The van der Waals surface area contributed by atoms with E-state index < -0.39 is 0 Å². The van der Waals surface area contributed by atoms with Gasteiger partial charge in [-0.15, -0.1) is 0 Å². The number of nitrogens with zero attached hydrogens (tertiary/aromatic N) is 2. The van der Waals surface area contributed by atoms with E-state index in [0.29, 0.717) is 47.3 Å².